The third-order valence-electron chi connectivity index (χ3n) is 7.63. The number of likely N-dealkylation sites (tertiary alicyclic amines) is 1. The summed E-state index contributed by atoms with van der Waals surface area (Å²) in [4.78, 5) is 10.6. The van der Waals surface area contributed by atoms with Gasteiger partial charge in [0.15, 0.2) is 5.88 Å². The Labute approximate surface area is 230 Å². The first-order valence-electron chi connectivity index (χ1n) is 13.6. The molecule has 4 aromatic rings. The number of nitrogens with zero attached hydrogens (tertiary/aromatic N) is 2. The van der Waals surface area contributed by atoms with E-state index in [1.54, 1.807) is 25.1 Å². The molecule has 2 unspecified atom stereocenters. The quantitative estimate of drug-likeness (QED) is 0.219. The molecule has 2 heterocycles. The van der Waals surface area contributed by atoms with Gasteiger partial charge in [-0.05, 0) is 69.5 Å². The third kappa shape index (κ3) is 6.02. The van der Waals surface area contributed by atoms with Crippen LogP contribution in [0.2, 0.25) is 0 Å². The lowest BCUT2D eigenvalue weighted by molar-refractivity contribution is 0.0953. The average Bonchev–Trinajstić information content (AvgIpc) is 3.25. The molecule has 1 aliphatic rings. The topological polar surface area (TPSA) is 97.8 Å². The van der Waals surface area contributed by atoms with E-state index in [0.717, 1.165) is 17.8 Å². The second-order valence-electron chi connectivity index (χ2n) is 10.4. The molecular weight excluding hydrogens is 508 g/mol. The van der Waals surface area contributed by atoms with E-state index in [0.29, 0.717) is 39.9 Å². The van der Waals surface area contributed by atoms with Crippen molar-refractivity contribution in [3.05, 3.63) is 89.5 Å². The molecule has 0 bridgehead atoms. The van der Waals surface area contributed by atoms with Gasteiger partial charge in [-0.25, -0.2) is 13.4 Å². The maximum atomic E-state index is 12.2. The van der Waals surface area contributed by atoms with Crippen LogP contribution in [0.5, 0.6) is 5.88 Å². The van der Waals surface area contributed by atoms with E-state index in [4.69, 9.17) is 4.99 Å². The minimum atomic E-state index is -3.45. The molecule has 7 nitrogen and oxygen atoms in total. The Morgan fingerprint density at radius 1 is 1.03 bits per heavy atom. The molecule has 204 valence electrons. The van der Waals surface area contributed by atoms with Crippen LogP contribution in [0.3, 0.4) is 0 Å². The van der Waals surface area contributed by atoms with Crippen LogP contribution in [0.15, 0.2) is 77.8 Å². The minimum Gasteiger partial charge on any atom is -0.494 e. The van der Waals surface area contributed by atoms with Crippen LogP contribution in [0.25, 0.3) is 10.9 Å². The fourth-order valence-corrected chi connectivity index (χ4v) is 6.03. The number of aliphatic imine (C=N–C) groups is 1. The van der Waals surface area contributed by atoms with Crippen molar-refractivity contribution < 1.29 is 13.5 Å². The summed E-state index contributed by atoms with van der Waals surface area (Å²) < 4.78 is 27.0. The molecule has 5 rings (SSSR count). The van der Waals surface area contributed by atoms with Crippen molar-refractivity contribution in [3.8, 4) is 5.88 Å². The van der Waals surface area contributed by atoms with Gasteiger partial charge in [0.2, 0.25) is 10.0 Å². The van der Waals surface area contributed by atoms with Gasteiger partial charge in [0.1, 0.15) is 0 Å². The Morgan fingerprint density at radius 3 is 2.38 bits per heavy atom. The molecule has 1 aliphatic heterocycles. The summed E-state index contributed by atoms with van der Waals surface area (Å²) in [5, 5.41) is 11.7. The maximum Gasteiger partial charge on any atom is 0.232 e. The standard InChI is InChI=1S/C31H36N4O3S/c1-4-39(37,38)34-26-17-18-28-27(19-26)29(31(36)33-28)30(24-11-6-5-7-12-24)32-25-15-13-23(14-16-25)20-35-21(2)9-8-10-22(35)3/h5-7,11-19,21-22,33-34,36H,4,8-10,20H2,1-3H3. The van der Waals surface area contributed by atoms with E-state index in [1.807, 2.05) is 42.5 Å². The normalized spacial score (nSPS) is 18.9. The van der Waals surface area contributed by atoms with Crippen LogP contribution in [-0.2, 0) is 16.6 Å². The predicted octanol–water partition coefficient (Wildman–Crippen LogP) is 6.57. The summed E-state index contributed by atoms with van der Waals surface area (Å²) in [7, 11) is -3.45. The molecule has 2 atom stereocenters. The van der Waals surface area contributed by atoms with Gasteiger partial charge in [0, 0.05) is 40.8 Å². The van der Waals surface area contributed by atoms with Crippen LogP contribution in [-0.4, -0.2) is 47.0 Å². The Morgan fingerprint density at radius 2 is 1.72 bits per heavy atom. The summed E-state index contributed by atoms with van der Waals surface area (Å²) in [5.74, 6) is -0.0497. The molecule has 8 heteroatoms. The molecule has 1 saturated heterocycles. The third-order valence-corrected chi connectivity index (χ3v) is 8.94. The number of hydrogen-bond acceptors (Lipinski definition) is 5. The minimum absolute atomic E-state index is 0.0206. The summed E-state index contributed by atoms with van der Waals surface area (Å²) in [6, 6.07) is 24.3. The molecule has 0 aliphatic carbocycles. The summed E-state index contributed by atoms with van der Waals surface area (Å²) >= 11 is 0. The predicted molar refractivity (Wildman–Crippen MR) is 160 cm³/mol. The van der Waals surface area contributed by atoms with Crippen molar-refractivity contribution in [1.29, 1.82) is 0 Å². The molecule has 3 aromatic carbocycles. The highest BCUT2D eigenvalue weighted by Crippen LogP contribution is 2.33. The SMILES string of the molecule is CCS(=O)(=O)Nc1ccc2[nH]c(O)c(C(=Nc3ccc(CN4C(C)CCCC4C)cc3)c3ccccc3)c2c1. The van der Waals surface area contributed by atoms with Crippen LogP contribution in [0.1, 0.15) is 56.7 Å². The van der Waals surface area contributed by atoms with Crippen LogP contribution in [0.4, 0.5) is 11.4 Å². The van der Waals surface area contributed by atoms with Crippen molar-refractivity contribution in [1.82, 2.24) is 9.88 Å². The number of fused-ring (bicyclic) bond motifs is 1. The van der Waals surface area contributed by atoms with Crippen molar-refractivity contribution in [2.24, 2.45) is 4.99 Å². The molecule has 0 spiro atoms. The van der Waals surface area contributed by atoms with Gasteiger partial charge in [0.25, 0.3) is 0 Å². The lowest BCUT2D eigenvalue weighted by Crippen LogP contribution is -2.42. The lowest BCUT2D eigenvalue weighted by atomic mass is 9.96. The van der Waals surface area contributed by atoms with Gasteiger partial charge in [0.05, 0.1) is 22.7 Å². The van der Waals surface area contributed by atoms with Crippen molar-refractivity contribution in [3.63, 3.8) is 0 Å². The van der Waals surface area contributed by atoms with Crippen LogP contribution < -0.4 is 4.72 Å². The highest BCUT2D eigenvalue weighted by atomic mass is 32.2. The molecule has 0 saturated carbocycles. The Bertz CT molecular complexity index is 1570. The number of anilines is 1. The number of benzene rings is 3. The van der Waals surface area contributed by atoms with E-state index in [-0.39, 0.29) is 11.6 Å². The molecule has 0 radical (unpaired) electrons. The van der Waals surface area contributed by atoms with E-state index in [9.17, 15) is 13.5 Å². The number of aromatic nitrogens is 1. The second-order valence-corrected chi connectivity index (χ2v) is 12.4. The molecule has 39 heavy (non-hydrogen) atoms. The fourth-order valence-electron chi connectivity index (χ4n) is 5.40. The van der Waals surface area contributed by atoms with E-state index in [1.165, 1.54) is 24.8 Å². The van der Waals surface area contributed by atoms with Crippen molar-refractivity contribution in [2.45, 2.75) is 58.7 Å². The zero-order chi connectivity index (χ0) is 27.6. The van der Waals surface area contributed by atoms with E-state index >= 15 is 0 Å². The lowest BCUT2D eigenvalue weighted by Gasteiger charge is -2.39. The Kier molecular flexibility index (Phi) is 7.77. The highest BCUT2D eigenvalue weighted by molar-refractivity contribution is 7.92. The van der Waals surface area contributed by atoms with Crippen LogP contribution >= 0.6 is 0 Å². The molecular formula is C31H36N4O3S. The molecule has 1 aromatic heterocycles. The number of H-pyrrole nitrogens is 1. The number of hydrogen-bond donors (Lipinski definition) is 3. The van der Waals surface area contributed by atoms with Crippen molar-refractivity contribution >= 4 is 38.0 Å². The zero-order valence-corrected chi connectivity index (χ0v) is 23.5. The van der Waals surface area contributed by atoms with Gasteiger partial charge >= 0.3 is 0 Å². The van der Waals surface area contributed by atoms with Crippen LogP contribution in [0, 0.1) is 0 Å². The number of piperidine rings is 1. The average molecular weight is 545 g/mol. The first-order chi connectivity index (χ1) is 18.7. The second kappa shape index (κ2) is 11.2. The molecule has 1 fully saturated rings. The van der Waals surface area contributed by atoms with Gasteiger partial charge in [-0.15, -0.1) is 0 Å². The smallest absolute Gasteiger partial charge is 0.232 e. The monoisotopic (exact) mass is 544 g/mol. The molecule has 0 amide bonds. The maximum absolute atomic E-state index is 12.2. The fraction of sp³-hybridized carbons (Fsp3) is 0.323. The largest absolute Gasteiger partial charge is 0.494 e. The highest BCUT2D eigenvalue weighted by Gasteiger charge is 2.24. The summed E-state index contributed by atoms with van der Waals surface area (Å²) in [6.45, 7) is 7.13. The van der Waals surface area contributed by atoms with Gasteiger partial charge in [-0.1, -0.05) is 48.9 Å². The van der Waals surface area contributed by atoms with Gasteiger partial charge in [-0.2, -0.15) is 0 Å². The van der Waals surface area contributed by atoms with Crippen molar-refractivity contribution in [2.75, 3.05) is 10.5 Å². The Balaban J connectivity index is 1.54. The number of aromatic amines is 1. The van der Waals surface area contributed by atoms with Gasteiger partial charge in [-0.3, -0.25) is 9.62 Å². The first kappa shape index (κ1) is 27.0. The number of nitrogens with one attached hydrogen (secondary N) is 2. The number of aromatic hydroxyl groups is 1. The van der Waals surface area contributed by atoms with Gasteiger partial charge < -0.3 is 10.1 Å². The molecule has 3 N–H and O–H groups in total. The number of sulfonamides is 1. The van der Waals surface area contributed by atoms with E-state index in [2.05, 4.69) is 40.6 Å². The zero-order valence-electron chi connectivity index (χ0n) is 22.7. The summed E-state index contributed by atoms with van der Waals surface area (Å²) in [5.41, 5.74) is 5.10. The summed E-state index contributed by atoms with van der Waals surface area (Å²) in [6.07, 6.45) is 3.77. The Hall–Kier alpha value is -3.62. The first-order valence-corrected chi connectivity index (χ1v) is 15.2. The number of rotatable bonds is 8. The van der Waals surface area contributed by atoms with E-state index < -0.39 is 10.0 Å².